The third kappa shape index (κ3) is 4.79. The summed E-state index contributed by atoms with van der Waals surface area (Å²) >= 11 is 0. The van der Waals surface area contributed by atoms with Crippen molar-refractivity contribution in [1.29, 1.82) is 0 Å². The molecule has 2 amide bonds. The molecular weight excluding hydrogens is 360 g/mol. The Balaban J connectivity index is 1.55. The smallest absolute Gasteiger partial charge is 0.328 e. The molecule has 1 aliphatic rings. The Morgan fingerprint density at radius 1 is 1.14 bits per heavy atom. The topological polar surface area (TPSA) is 88.9 Å². The molecule has 7 heteroatoms. The molecular formula is C21H24N2O5. The lowest BCUT2D eigenvalue weighted by Crippen LogP contribution is -2.48. The number of carbonyl (C=O) groups excluding carboxylic acids is 3. The summed E-state index contributed by atoms with van der Waals surface area (Å²) in [6.45, 7) is 0.943. The van der Waals surface area contributed by atoms with E-state index in [0.717, 1.165) is 5.56 Å². The third-order valence-corrected chi connectivity index (χ3v) is 4.97. The van der Waals surface area contributed by atoms with E-state index in [0.29, 0.717) is 38.1 Å². The molecule has 0 saturated carbocycles. The Morgan fingerprint density at radius 3 is 2.46 bits per heavy atom. The van der Waals surface area contributed by atoms with E-state index in [2.05, 4.69) is 5.32 Å². The largest absolute Gasteiger partial charge is 0.467 e. The Hall–Kier alpha value is -3.09. The van der Waals surface area contributed by atoms with Crippen LogP contribution in [0.4, 0.5) is 0 Å². The molecule has 1 aromatic heterocycles. The number of piperidine rings is 1. The van der Waals surface area contributed by atoms with Crippen LogP contribution in [0.5, 0.6) is 0 Å². The van der Waals surface area contributed by atoms with Crippen molar-refractivity contribution >= 4 is 17.8 Å². The molecule has 0 bridgehead atoms. The number of nitrogens with one attached hydrogen (secondary N) is 1. The Kier molecular flexibility index (Phi) is 6.47. The van der Waals surface area contributed by atoms with Crippen LogP contribution in [0, 0.1) is 5.92 Å². The summed E-state index contributed by atoms with van der Waals surface area (Å²) < 4.78 is 9.99. The van der Waals surface area contributed by atoms with Gasteiger partial charge in [0, 0.05) is 25.4 Å². The summed E-state index contributed by atoms with van der Waals surface area (Å²) in [4.78, 5) is 38.8. The number of hydrogen-bond donors (Lipinski definition) is 1. The van der Waals surface area contributed by atoms with Crippen molar-refractivity contribution in [3.63, 3.8) is 0 Å². The summed E-state index contributed by atoms with van der Waals surface area (Å²) in [6, 6.07) is 12.0. The molecule has 28 heavy (non-hydrogen) atoms. The predicted octanol–water partition coefficient (Wildman–Crippen LogP) is 2.03. The molecule has 1 N–H and O–H groups in total. The fraction of sp³-hybridized carbons (Fsp3) is 0.381. The Bertz CT molecular complexity index is 795. The number of likely N-dealkylation sites (tertiary alicyclic amines) is 1. The Labute approximate surface area is 163 Å². The van der Waals surface area contributed by atoms with E-state index in [-0.39, 0.29) is 17.7 Å². The SMILES string of the molecule is COC(=O)[C@H](Cc1ccccc1)NC(=O)C1CCN(C(=O)c2ccco2)CC1. The van der Waals surface area contributed by atoms with Crippen LogP contribution < -0.4 is 5.32 Å². The molecule has 0 radical (unpaired) electrons. The van der Waals surface area contributed by atoms with Crippen molar-refractivity contribution in [3.05, 3.63) is 60.1 Å². The molecule has 0 aliphatic carbocycles. The second-order valence-electron chi connectivity index (χ2n) is 6.82. The van der Waals surface area contributed by atoms with Crippen LogP contribution >= 0.6 is 0 Å². The van der Waals surface area contributed by atoms with Crippen LogP contribution in [-0.4, -0.2) is 48.9 Å². The van der Waals surface area contributed by atoms with Gasteiger partial charge in [0.1, 0.15) is 6.04 Å². The predicted molar refractivity (Wildman–Crippen MR) is 101 cm³/mol. The lowest BCUT2D eigenvalue weighted by atomic mass is 9.95. The highest BCUT2D eigenvalue weighted by atomic mass is 16.5. The fourth-order valence-corrected chi connectivity index (χ4v) is 3.38. The van der Waals surface area contributed by atoms with Crippen LogP contribution in [0.25, 0.3) is 0 Å². The number of benzene rings is 1. The molecule has 1 aromatic carbocycles. The van der Waals surface area contributed by atoms with Gasteiger partial charge in [-0.3, -0.25) is 9.59 Å². The van der Waals surface area contributed by atoms with Crippen molar-refractivity contribution in [2.24, 2.45) is 5.92 Å². The number of ether oxygens (including phenoxy) is 1. The van der Waals surface area contributed by atoms with Gasteiger partial charge in [-0.25, -0.2) is 4.79 Å². The quantitative estimate of drug-likeness (QED) is 0.770. The average Bonchev–Trinajstić information content (AvgIpc) is 3.28. The monoisotopic (exact) mass is 384 g/mol. The van der Waals surface area contributed by atoms with Crippen molar-refractivity contribution in [3.8, 4) is 0 Å². The number of methoxy groups -OCH3 is 1. The molecule has 7 nitrogen and oxygen atoms in total. The van der Waals surface area contributed by atoms with E-state index in [1.807, 2.05) is 30.3 Å². The first-order valence-electron chi connectivity index (χ1n) is 9.33. The molecule has 1 aliphatic heterocycles. The van der Waals surface area contributed by atoms with E-state index >= 15 is 0 Å². The summed E-state index contributed by atoms with van der Waals surface area (Å²) in [7, 11) is 1.31. The van der Waals surface area contributed by atoms with Crippen molar-refractivity contribution in [2.45, 2.75) is 25.3 Å². The molecule has 148 valence electrons. The van der Waals surface area contributed by atoms with Crippen LogP contribution in [0.3, 0.4) is 0 Å². The normalized spacial score (nSPS) is 15.7. The lowest BCUT2D eigenvalue weighted by molar-refractivity contribution is -0.145. The summed E-state index contributed by atoms with van der Waals surface area (Å²) in [5, 5.41) is 2.82. The van der Waals surface area contributed by atoms with Crippen LogP contribution in [-0.2, 0) is 20.7 Å². The van der Waals surface area contributed by atoms with Crippen molar-refractivity contribution < 1.29 is 23.5 Å². The summed E-state index contributed by atoms with van der Waals surface area (Å²) in [5.74, 6) is -0.764. The lowest BCUT2D eigenvalue weighted by Gasteiger charge is -2.31. The molecule has 1 saturated heterocycles. The zero-order valence-electron chi connectivity index (χ0n) is 15.8. The number of furan rings is 1. The summed E-state index contributed by atoms with van der Waals surface area (Å²) in [5.41, 5.74) is 0.942. The van der Waals surface area contributed by atoms with E-state index < -0.39 is 12.0 Å². The van der Waals surface area contributed by atoms with Crippen LogP contribution in [0.15, 0.2) is 53.1 Å². The van der Waals surface area contributed by atoms with E-state index in [1.165, 1.54) is 13.4 Å². The highest BCUT2D eigenvalue weighted by Crippen LogP contribution is 2.20. The van der Waals surface area contributed by atoms with Gasteiger partial charge in [0.2, 0.25) is 5.91 Å². The first-order chi connectivity index (χ1) is 13.6. The van der Waals surface area contributed by atoms with Gasteiger partial charge in [-0.15, -0.1) is 0 Å². The number of esters is 1. The summed E-state index contributed by atoms with van der Waals surface area (Å²) in [6.07, 6.45) is 2.91. The number of rotatable bonds is 6. The van der Waals surface area contributed by atoms with E-state index in [1.54, 1.807) is 17.0 Å². The molecule has 0 spiro atoms. The second kappa shape index (κ2) is 9.21. The fourth-order valence-electron chi connectivity index (χ4n) is 3.38. The molecule has 2 aromatic rings. The van der Waals surface area contributed by atoms with Gasteiger partial charge < -0.3 is 19.4 Å². The van der Waals surface area contributed by atoms with Gasteiger partial charge in [0.25, 0.3) is 5.91 Å². The van der Waals surface area contributed by atoms with Gasteiger partial charge in [-0.2, -0.15) is 0 Å². The minimum atomic E-state index is -0.734. The number of nitrogens with zero attached hydrogens (tertiary/aromatic N) is 1. The van der Waals surface area contributed by atoms with Gasteiger partial charge >= 0.3 is 5.97 Å². The van der Waals surface area contributed by atoms with Crippen LogP contribution in [0.2, 0.25) is 0 Å². The molecule has 1 fully saturated rings. The minimum absolute atomic E-state index is 0.166. The number of amides is 2. The molecule has 1 atom stereocenters. The highest BCUT2D eigenvalue weighted by molar-refractivity contribution is 5.92. The first kappa shape index (κ1) is 19.7. The van der Waals surface area contributed by atoms with Crippen molar-refractivity contribution in [2.75, 3.05) is 20.2 Å². The van der Waals surface area contributed by atoms with Gasteiger partial charge in [0.15, 0.2) is 5.76 Å². The molecule has 3 rings (SSSR count). The third-order valence-electron chi connectivity index (χ3n) is 4.97. The first-order valence-corrected chi connectivity index (χ1v) is 9.33. The standard InChI is InChI=1S/C21H24N2O5/c1-27-21(26)17(14-15-6-3-2-4-7-15)22-19(24)16-9-11-23(12-10-16)20(25)18-8-5-13-28-18/h2-8,13,16-17H,9-12,14H2,1H3,(H,22,24)/t17-/m0/s1. The highest BCUT2D eigenvalue weighted by Gasteiger charge is 2.31. The molecule has 0 unspecified atom stereocenters. The minimum Gasteiger partial charge on any atom is -0.467 e. The van der Waals surface area contributed by atoms with Crippen molar-refractivity contribution in [1.82, 2.24) is 10.2 Å². The zero-order chi connectivity index (χ0) is 19.9. The average molecular weight is 384 g/mol. The maximum absolute atomic E-state index is 12.7. The van der Waals surface area contributed by atoms with Gasteiger partial charge in [-0.1, -0.05) is 30.3 Å². The number of hydrogen-bond acceptors (Lipinski definition) is 5. The van der Waals surface area contributed by atoms with E-state index in [9.17, 15) is 14.4 Å². The van der Waals surface area contributed by atoms with Gasteiger partial charge in [-0.05, 0) is 30.5 Å². The zero-order valence-corrected chi connectivity index (χ0v) is 15.8. The second-order valence-corrected chi connectivity index (χ2v) is 6.82. The van der Waals surface area contributed by atoms with E-state index in [4.69, 9.17) is 9.15 Å². The maximum Gasteiger partial charge on any atom is 0.328 e. The van der Waals surface area contributed by atoms with Crippen LogP contribution in [0.1, 0.15) is 29.0 Å². The molecule has 2 heterocycles. The number of carbonyl (C=O) groups is 3. The Morgan fingerprint density at radius 2 is 1.86 bits per heavy atom. The maximum atomic E-state index is 12.7. The van der Waals surface area contributed by atoms with Gasteiger partial charge in [0.05, 0.1) is 13.4 Å².